The Morgan fingerprint density at radius 2 is 1.76 bits per heavy atom. The molecule has 0 unspecified atom stereocenters. The van der Waals surface area contributed by atoms with Gasteiger partial charge in [0, 0.05) is 61.4 Å². The number of hydrogen-bond donors (Lipinski definition) is 3. The molecule has 196 valence electrons. The predicted molar refractivity (Wildman–Crippen MR) is 153 cm³/mol. The molecule has 1 aromatic heterocycles. The number of nitrogens with one attached hydrogen (secondary N) is 3. The second-order valence-electron chi connectivity index (χ2n) is 10.3. The van der Waals surface area contributed by atoms with Crippen LogP contribution in [-0.2, 0) is 12.8 Å². The highest BCUT2D eigenvalue weighted by molar-refractivity contribution is 6.04. The van der Waals surface area contributed by atoms with Gasteiger partial charge in [-0.05, 0) is 87.0 Å². The molecule has 1 amide bonds. The quantitative estimate of drug-likeness (QED) is 0.462. The van der Waals surface area contributed by atoms with Crippen molar-refractivity contribution in [1.29, 1.82) is 0 Å². The molecule has 0 bridgehead atoms. The van der Waals surface area contributed by atoms with Gasteiger partial charge in [0.2, 0.25) is 5.95 Å². The van der Waals surface area contributed by atoms with Crippen LogP contribution in [0.25, 0.3) is 0 Å². The van der Waals surface area contributed by atoms with Crippen LogP contribution in [0, 0.1) is 18.8 Å². The standard InChI is InChI=1S/C26H24N4O.C5H12N2/c1-17-5-10-24(29-25(31)22-9-8-19-3-2-4-21(19)13-22)14-20(17)7-6-18-15-27-26(28-16-18)30-23-11-12-23;1-7-4-2-6-3-5-7/h5,8-10,13-16,23H,2-4,11-12H2,1H3,(H,29,31)(H,27,28,30);6H,2-5H2,1H3. The number of nitrogens with zero attached hydrogens (tertiary/aromatic N) is 3. The largest absolute Gasteiger partial charge is 0.351 e. The summed E-state index contributed by atoms with van der Waals surface area (Å²) >= 11 is 0. The minimum absolute atomic E-state index is 0.0930. The number of amides is 1. The molecule has 2 heterocycles. The van der Waals surface area contributed by atoms with Gasteiger partial charge in [-0.1, -0.05) is 24.0 Å². The summed E-state index contributed by atoms with van der Waals surface area (Å²) in [5.74, 6) is 6.87. The van der Waals surface area contributed by atoms with E-state index < -0.39 is 0 Å². The molecule has 2 aliphatic carbocycles. The Morgan fingerprint density at radius 3 is 2.47 bits per heavy atom. The summed E-state index contributed by atoms with van der Waals surface area (Å²) in [6.07, 6.45) is 9.18. The fraction of sp³-hybridized carbons (Fsp3) is 0.387. The number of hydrogen-bond acceptors (Lipinski definition) is 6. The maximum absolute atomic E-state index is 12.7. The van der Waals surface area contributed by atoms with Crippen LogP contribution < -0.4 is 16.0 Å². The molecule has 1 aliphatic heterocycles. The summed E-state index contributed by atoms with van der Waals surface area (Å²) in [4.78, 5) is 23.7. The normalized spacial score (nSPS) is 16.4. The third-order valence-electron chi connectivity index (χ3n) is 7.10. The zero-order chi connectivity index (χ0) is 26.3. The summed E-state index contributed by atoms with van der Waals surface area (Å²) in [5.41, 5.74) is 6.77. The number of fused-ring (bicyclic) bond motifs is 1. The van der Waals surface area contributed by atoms with Crippen molar-refractivity contribution in [2.24, 2.45) is 0 Å². The van der Waals surface area contributed by atoms with Gasteiger partial charge in [0.05, 0.1) is 5.56 Å². The third kappa shape index (κ3) is 7.18. The second kappa shape index (κ2) is 12.2. The van der Waals surface area contributed by atoms with Crippen molar-refractivity contribution in [3.8, 4) is 11.8 Å². The van der Waals surface area contributed by atoms with Crippen LogP contribution in [0.1, 0.15) is 57.4 Å². The molecule has 0 radical (unpaired) electrons. The highest BCUT2D eigenvalue weighted by atomic mass is 16.1. The SMILES string of the molecule is CN1CCNCC1.Cc1ccc(NC(=O)c2ccc3c(c2)CCC3)cc1C#Cc1cnc(NC2CC2)nc1. The van der Waals surface area contributed by atoms with Crippen molar-refractivity contribution in [2.75, 3.05) is 43.9 Å². The van der Waals surface area contributed by atoms with Crippen LogP contribution in [0.3, 0.4) is 0 Å². The van der Waals surface area contributed by atoms with E-state index in [-0.39, 0.29) is 5.91 Å². The number of aromatic nitrogens is 2. The Kier molecular flexibility index (Phi) is 8.32. The topological polar surface area (TPSA) is 82.2 Å². The minimum Gasteiger partial charge on any atom is -0.351 e. The van der Waals surface area contributed by atoms with Gasteiger partial charge < -0.3 is 20.9 Å². The number of rotatable bonds is 4. The van der Waals surface area contributed by atoms with Crippen LogP contribution >= 0.6 is 0 Å². The van der Waals surface area contributed by atoms with Crippen molar-refractivity contribution < 1.29 is 4.79 Å². The van der Waals surface area contributed by atoms with Crippen molar-refractivity contribution >= 4 is 17.5 Å². The van der Waals surface area contributed by atoms with Gasteiger partial charge in [-0.2, -0.15) is 0 Å². The van der Waals surface area contributed by atoms with Gasteiger partial charge in [0.25, 0.3) is 5.91 Å². The van der Waals surface area contributed by atoms with E-state index in [9.17, 15) is 4.79 Å². The molecule has 0 spiro atoms. The number of anilines is 2. The Labute approximate surface area is 225 Å². The first kappa shape index (κ1) is 25.9. The average molecular weight is 509 g/mol. The molecular weight excluding hydrogens is 472 g/mol. The zero-order valence-electron chi connectivity index (χ0n) is 22.3. The highest BCUT2D eigenvalue weighted by Crippen LogP contribution is 2.24. The second-order valence-corrected chi connectivity index (χ2v) is 10.3. The van der Waals surface area contributed by atoms with E-state index in [4.69, 9.17) is 0 Å². The lowest BCUT2D eigenvalue weighted by molar-refractivity contribution is 0.102. The third-order valence-corrected chi connectivity index (χ3v) is 7.10. The van der Waals surface area contributed by atoms with Gasteiger partial charge >= 0.3 is 0 Å². The molecule has 3 N–H and O–H groups in total. The Hall–Kier alpha value is -3.73. The molecule has 7 nitrogen and oxygen atoms in total. The lowest BCUT2D eigenvalue weighted by atomic mass is 10.1. The predicted octanol–water partition coefficient (Wildman–Crippen LogP) is 4.02. The maximum atomic E-state index is 12.7. The first-order chi connectivity index (χ1) is 18.5. The fourth-order valence-electron chi connectivity index (χ4n) is 4.54. The lowest BCUT2D eigenvalue weighted by Gasteiger charge is -2.21. The van der Waals surface area contributed by atoms with E-state index in [0.717, 1.165) is 48.3 Å². The molecular formula is C31H36N6O. The molecule has 0 atom stereocenters. The van der Waals surface area contributed by atoms with Crippen LogP contribution in [0.5, 0.6) is 0 Å². The number of aryl methyl sites for hydroxylation is 3. The molecule has 2 fully saturated rings. The van der Waals surface area contributed by atoms with Crippen molar-refractivity contribution in [3.05, 3.63) is 82.2 Å². The number of likely N-dealkylation sites (N-methyl/N-ethyl adjacent to an activating group) is 1. The number of piperazine rings is 1. The smallest absolute Gasteiger partial charge is 0.255 e. The molecule has 3 aliphatic rings. The Bertz CT molecular complexity index is 1330. The van der Waals surface area contributed by atoms with E-state index >= 15 is 0 Å². The molecule has 7 heteroatoms. The Morgan fingerprint density at radius 1 is 1.00 bits per heavy atom. The zero-order valence-corrected chi connectivity index (χ0v) is 22.3. The summed E-state index contributed by atoms with van der Waals surface area (Å²) in [6.45, 7) is 6.75. The van der Waals surface area contributed by atoms with Gasteiger partial charge in [-0.3, -0.25) is 4.79 Å². The minimum atomic E-state index is -0.0930. The van der Waals surface area contributed by atoms with Crippen LogP contribution in [0.2, 0.25) is 0 Å². The lowest BCUT2D eigenvalue weighted by Crippen LogP contribution is -2.40. The molecule has 38 heavy (non-hydrogen) atoms. The average Bonchev–Trinajstić information content (AvgIpc) is 3.62. The highest BCUT2D eigenvalue weighted by Gasteiger charge is 2.21. The van der Waals surface area contributed by atoms with E-state index in [1.54, 1.807) is 12.4 Å². The molecule has 1 saturated heterocycles. The number of carbonyl (C=O) groups is 1. The molecule has 1 saturated carbocycles. The van der Waals surface area contributed by atoms with Crippen molar-refractivity contribution in [3.63, 3.8) is 0 Å². The Balaban J connectivity index is 0.000000366. The van der Waals surface area contributed by atoms with Crippen molar-refractivity contribution in [2.45, 2.75) is 45.1 Å². The van der Waals surface area contributed by atoms with Gasteiger partial charge in [0.1, 0.15) is 0 Å². The molecule has 3 aromatic rings. The number of carbonyl (C=O) groups excluding carboxylic acids is 1. The van der Waals surface area contributed by atoms with Crippen LogP contribution in [0.15, 0.2) is 48.8 Å². The summed E-state index contributed by atoms with van der Waals surface area (Å²) in [6, 6.07) is 12.3. The van der Waals surface area contributed by atoms with Gasteiger partial charge in [-0.25, -0.2) is 9.97 Å². The van der Waals surface area contributed by atoms with E-state index in [1.807, 2.05) is 37.3 Å². The number of benzene rings is 2. The van der Waals surface area contributed by atoms with E-state index in [2.05, 4.69) is 55.8 Å². The molecule has 2 aromatic carbocycles. The first-order valence-electron chi connectivity index (χ1n) is 13.6. The van der Waals surface area contributed by atoms with Crippen molar-refractivity contribution in [1.82, 2.24) is 20.2 Å². The van der Waals surface area contributed by atoms with Gasteiger partial charge in [-0.15, -0.1) is 0 Å². The summed E-state index contributed by atoms with van der Waals surface area (Å²) in [7, 11) is 2.15. The summed E-state index contributed by atoms with van der Waals surface area (Å²) in [5, 5.41) is 9.55. The monoisotopic (exact) mass is 508 g/mol. The van der Waals surface area contributed by atoms with E-state index in [1.165, 1.54) is 43.5 Å². The fourth-order valence-corrected chi connectivity index (χ4v) is 4.54. The first-order valence-corrected chi connectivity index (χ1v) is 13.6. The van der Waals surface area contributed by atoms with Gasteiger partial charge in [0.15, 0.2) is 0 Å². The maximum Gasteiger partial charge on any atom is 0.255 e. The van der Waals surface area contributed by atoms with Crippen LogP contribution in [-0.4, -0.2) is 60.0 Å². The summed E-state index contributed by atoms with van der Waals surface area (Å²) < 4.78 is 0. The van der Waals surface area contributed by atoms with Crippen LogP contribution in [0.4, 0.5) is 11.6 Å². The molecule has 6 rings (SSSR count). The van der Waals surface area contributed by atoms with E-state index in [0.29, 0.717) is 17.6 Å².